The van der Waals surface area contributed by atoms with E-state index in [2.05, 4.69) is 41.4 Å². The maximum Gasteiger partial charge on any atom is 0.123 e. The van der Waals surface area contributed by atoms with Gasteiger partial charge in [-0.05, 0) is 49.6 Å². The van der Waals surface area contributed by atoms with Crippen molar-refractivity contribution >= 4 is 11.4 Å². The zero-order chi connectivity index (χ0) is 14.7. The van der Waals surface area contributed by atoms with Crippen LogP contribution in [-0.2, 0) is 0 Å². The van der Waals surface area contributed by atoms with E-state index in [9.17, 15) is 4.39 Å². The minimum Gasteiger partial charge on any atom is -0.377 e. The molecule has 2 aromatic carbocycles. The van der Waals surface area contributed by atoms with Gasteiger partial charge in [-0.25, -0.2) is 4.39 Å². The average molecular weight is 284 g/mol. The third-order valence-corrected chi connectivity index (χ3v) is 4.09. The average Bonchev–Trinajstić information content (AvgIpc) is 3.02. The Morgan fingerprint density at radius 3 is 2.38 bits per heavy atom. The number of para-hydroxylation sites is 2. The Balaban J connectivity index is 1.79. The minimum absolute atomic E-state index is 0.148. The van der Waals surface area contributed by atoms with Crippen LogP contribution in [0.25, 0.3) is 0 Å². The molecule has 1 unspecified atom stereocenters. The number of hydrogen-bond acceptors (Lipinski definition) is 2. The molecule has 1 heterocycles. The quantitative estimate of drug-likeness (QED) is 0.882. The molecule has 0 radical (unpaired) electrons. The Labute approximate surface area is 125 Å². The highest BCUT2D eigenvalue weighted by molar-refractivity contribution is 5.70. The normalized spacial score (nSPS) is 16.0. The molecule has 3 rings (SSSR count). The van der Waals surface area contributed by atoms with Crippen LogP contribution in [-0.4, -0.2) is 13.1 Å². The molecule has 2 nitrogen and oxygen atoms in total. The number of hydrogen-bond donors (Lipinski definition) is 1. The summed E-state index contributed by atoms with van der Waals surface area (Å²) in [5, 5.41) is 3.56. The zero-order valence-corrected chi connectivity index (χ0v) is 12.3. The van der Waals surface area contributed by atoms with Gasteiger partial charge < -0.3 is 10.2 Å². The van der Waals surface area contributed by atoms with Crippen LogP contribution in [0.1, 0.15) is 31.4 Å². The molecule has 1 N–H and O–H groups in total. The first-order valence-electron chi connectivity index (χ1n) is 7.60. The number of nitrogens with zero attached hydrogens (tertiary/aromatic N) is 1. The number of nitrogens with one attached hydrogen (secondary N) is 1. The monoisotopic (exact) mass is 284 g/mol. The fraction of sp³-hybridized carbons (Fsp3) is 0.333. The van der Waals surface area contributed by atoms with Gasteiger partial charge in [0.05, 0.1) is 11.4 Å². The zero-order valence-electron chi connectivity index (χ0n) is 12.3. The lowest BCUT2D eigenvalue weighted by Gasteiger charge is -2.24. The Hall–Kier alpha value is -2.03. The molecule has 110 valence electrons. The highest BCUT2D eigenvalue weighted by Gasteiger charge is 2.16. The van der Waals surface area contributed by atoms with Crippen LogP contribution < -0.4 is 10.2 Å². The van der Waals surface area contributed by atoms with Gasteiger partial charge in [-0.2, -0.15) is 0 Å². The van der Waals surface area contributed by atoms with Crippen LogP contribution in [0.3, 0.4) is 0 Å². The molecule has 0 bridgehead atoms. The van der Waals surface area contributed by atoms with E-state index < -0.39 is 0 Å². The molecule has 0 spiro atoms. The van der Waals surface area contributed by atoms with Gasteiger partial charge in [0.15, 0.2) is 0 Å². The molecule has 0 aliphatic carbocycles. The summed E-state index contributed by atoms with van der Waals surface area (Å²) in [4.78, 5) is 2.43. The van der Waals surface area contributed by atoms with E-state index in [0.29, 0.717) is 0 Å². The highest BCUT2D eigenvalue weighted by atomic mass is 19.1. The number of halogens is 1. The van der Waals surface area contributed by atoms with Crippen molar-refractivity contribution in [2.75, 3.05) is 23.3 Å². The van der Waals surface area contributed by atoms with Gasteiger partial charge >= 0.3 is 0 Å². The first kappa shape index (κ1) is 13.9. The van der Waals surface area contributed by atoms with Gasteiger partial charge in [0.2, 0.25) is 0 Å². The van der Waals surface area contributed by atoms with Gasteiger partial charge in [-0.15, -0.1) is 0 Å². The Morgan fingerprint density at radius 2 is 1.67 bits per heavy atom. The van der Waals surface area contributed by atoms with Crippen molar-refractivity contribution < 1.29 is 4.39 Å². The predicted octanol–water partition coefficient (Wildman–Crippen LogP) is 4.60. The molecule has 0 amide bonds. The summed E-state index contributed by atoms with van der Waals surface area (Å²) in [6.45, 7) is 4.36. The third kappa shape index (κ3) is 3.18. The summed E-state index contributed by atoms with van der Waals surface area (Å²) in [5.41, 5.74) is 3.51. The van der Waals surface area contributed by atoms with Crippen molar-refractivity contribution in [1.29, 1.82) is 0 Å². The first-order valence-corrected chi connectivity index (χ1v) is 7.60. The predicted molar refractivity (Wildman–Crippen MR) is 86.3 cm³/mol. The number of anilines is 2. The summed E-state index contributed by atoms with van der Waals surface area (Å²) in [7, 11) is 0. The summed E-state index contributed by atoms with van der Waals surface area (Å²) in [5.74, 6) is -0.191. The Bertz CT molecular complexity index is 588. The van der Waals surface area contributed by atoms with Crippen molar-refractivity contribution in [2.45, 2.75) is 25.8 Å². The molecule has 1 fully saturated rings. The molecule has 3 heteroatoms. The summed E-state index contributed by atoms with van der Waals surface area (Å²) < 4.78 is 13.0. The third-order valence-electron chi connectivity index (χ3n) is 4.09. The second kappa shape index (κ2) is 6.17. The summed E-state index contributed by atoms with van der Waals surface area (Å²) in [6.07, 6.45) is 2.53. The molecule has 2 aromatic rings. The van der Waals surface area contributed by atoms with Gasteiger partial charge in [-0.3, -0.25) is 0 Å². The fourth-order valence-corrected chi connectivity index (χ4v) is 2.90. The van der Waals surface area contributed by atoms with Crippen molar-refractivity contribution in [1.82, 2.24) is 0 Å². The van der Waals surface area contributed by atoms with E-state index in [-0.39, 0.29) is 11.9 Å². The lowest BCUT2D eigenvalue weighted by atomic mass is 10.1. The second-order valence-corrected chi connectivity index (χ2v) is 5.63. The van der Waals surface area contributed by atoms with E-state index in [1.807, 2.05) is 12.1 Å². The van der Waals surface area contributed by atoms with E-state index >= 15 is 0 Å². The van der Waals surface area contributed by atoms with E-state index in [4.69, 9.17) is 0 Å². The molecule has 21 heavy (non-hydrogen) atoms. The summed E-state index contributed by atoms with van der Waals surface area (Å²) >= 11 is 0. The van der Waals surface area contributed by atoms with Crippen molar-refractivity contribution in [3.63, 3.8) is 0 Å². The number of benzene rings is 2. The molecule has 1 atom stereocenters. The van der Waals surface area contributed by atoms with E-state index in [1.54, 1.807) is 0 Å². The Kier molecular flexibility index (Phi) is 4.09. The van der Waals surface area contributed by atoms with Crippen LogP contribution in [0.2, 0.25) is 0 Å². The van der Waals surface area contributed by atoms with E-state index in [0.717, 1.165) is 24.3 Å². The minimum atomic E-state index is -0.191. The van der Waals surface area contributed by atoms with Crippen LogP contribution in [0.4, 0.5) is 15.8 Å². The van der Waals surface area contributed by atoms with Crippen LogP contribution >= 0.6 is 0 Å². The Morgan fingerprint density at radius 1 is 1.00 bits per heavy atom. The molecular weight excluding hydrogens is 263 g/mol. The molecule has 1 aliphatic rings. The smallest absolute Gasteiger partial charge is 0.123 e. The van der Waals surface area contributed by atoms with Crippen molar-refractivity contribution in [2.24, 2.45) is 0 Å². The molecular formula is C18H21FN2. The SMILES string of the molecule is CC(Nc1ccccc1N1CCCC1)c1ccc(F)cc1. The molecule has 1 saturated heterocycles. The highest BCUT2D eigenvalue weighted by Crippen LogP contribution is 2.31. The van der Waals surface area contributed by atoms with E-state index in [1.165, 1.54) is 30.7 Å². The maximum absolute atomic E-state index is 13.0. The molecule has 0 aromatic heterocycles. The van der Waals surface area contributed by atoms with Crippen LogP contribution in [0.15, 0.2) is 48.5 Å². The fourth-order valence-electron chi connectivity index (χ4n) is 2.90. The lowest BCUT2D eigenvalue weighted by molar-refractivity contribution is 0.626. The lowest BCUT2D eigenvalue weighted by Crippen LogP contribution is -2.20. The van der Waals surface area contributed by atoms with Gasteiger partial charge in [0.1, 0.15) is 5.82 Å². The summed E-state index contributed by atoms with van der Waals surface area (Å²) in [6, 6.07) is 15.3. The van der Waals surface area contributed by atoms with Crippen molar-refractivity contribution in [3.8, 4) is 0 Å². The molecule has 0 saturated carbocycles. The first-order chi connectivity index (χ1) is 10.2. The number of rotatable bonds is 4. The topological polar surface area (TPSA) is 15.3 Å². The van der Waals surface area contributed by atoms with Crippen LogP contribution in [0, 0.1) is 5.82 Å². The van der Waals surface area contributed by atoms with Gasteiger partial charge in [0.25, 0.3) is 0 Å². The molecule has 1 aliphatic heterocycles. The van der Waals surface area contributed by atoms with Crippen molar-refractivity contribution in [3.05, 3.63) is 59.9 Å². The maximum atomic E-state index is 13.0. The standard InChI is InChI=1S/C18H21FN2/c1-14(15-8-10-16(19)11-9-15)20-17-6-2-3-7-18(17)21-12-4-5-13-21/h2-3,6-11,14,20H,4-5,12-13H2,1H3. The van der Waals surface area contributed by atoms with Gasteiger partial charge in [0, 0.05) is 19.1 Å². The largest absolute Gasteiger partial charge is 0.377 e. The van der Waals surface area contributed by atoms with Crippen LogP contribution in [0.5, 0.6) is 0 Å². The van der Waals surface area contributed by atoms with Gasteiger partial charge in [-0.1, -0.05) is 24.3 Å². The second-order valence-electron chi connectivity index (χ2n) is 5.63.